The molecule has 0 aliphatic rings. The fourth-order valence-electron chi connectivity index (χ4n) is 1.91. The fraction of sp³-hybridized carbons (Fsp3) is 0.250. The summed E-state index contributed by atoms with van der Waals surface area (Å²) in [7, 11) is 0. The van der Waals surface area contributed by atoms with E-state index in [1.807, 2.05) is 0 Å². The van der Waals surface area contributed by atoms with Crippen LogP contribution in [-0.2, 0) is 17.4 Å². The van der Waals surface area contributed by atoms with Gasteiger partial charge in [0.25, 0.3) is 0 Å². The maximum absolute atomic E-state index is 12.5. The van der Waals surface area contributed by atoms with E-state index < -0.39 is 11.7 Å². The molecule has 11 heteroatoms. The zero-order valence-electron chi connectivity index (χ0n) is 13.8. The van der Waals surface area contributed by atoms with Gasteiger partial charge < -0.3 is 15.8 Å². The Morgan fingerprint density at radius 2 is 1.85 bits per heavy atom. The Hall–Kier alpha value is -1.90. The monoisotopic (exact) mass is 445 g/mol. The molecule has 27 heavy (non-hydrogen) atoms. The second-order valence-electron chi connectivity index (χ2n) is 5.13. The van der Waals surface area contributed by atoms with Crippen LogP contribution in [0.3, 0.4) is 0 Å². The van der Waals surface area contributed by atoms with E-state index in [0.29, 0.717) is 11.9 Å². The number of anilines is 1. The number of rotatable bonds is 6. The standard InChI is InChI=1S/C16H15ClF3N3O2.2ClH/c17-13-8-11(16(18,19)20)9-23-15(13)25-6-5-22-14(24)7-10-1-3-12(21)4-2-10;;/h1-4,8-9H,5-7,21H2,(H,22,24);2*1H. The summed E-state index contributed by atoms with van der Waals surface area (Å²) in [5.41, 5.74) is 6.02. The number of aromatic nitrogens is 1. The lowest BCUT2D eigenvalue weighted by Gasteiger charge is -2.11. The van der Waals surface area contributed by atoms with Gasteiger partial charge in [-0.15, -0.1) is 24.8 Å². The van der Waals surface area contributed by atoms with Crippen molar-refractivity contribution in [2.75, 3.05) is 18.9 Å². The maximum atomic E-state index is 12.5. The molecule has 1 heterocycles. The average molecular weight is 447 g/mol. The van der Waals surface area contributed by atoms with Gasteiger partial charge in [-0.1, -0.05) is 23.7 Å². The predicted molar refractivity (Wildman–Crippen MR) is 102 cm³/mol. The SMILES string of the molecule is Cl.Cl.Nc1ccc(CC(=O)NCCOc2ncc(C(F)(F)F)cc2Cl)cc1. The van der Waals surface area contributed by atoms with Crippen molar-refractivity contribution >= 4 is 48.0 Å². The molecule has 2 rings (SSSR count). The molecule has 0 saturated carbocycles. The molecule has 0 spiro atoms. The topological polar surface area (TPSA) is 77.2 Å². The third-order valence-corrected chi connectivity index (χ3v) is 3.41. The van der Waals surface area contributed by atoms with Gasteiger partial charge in [0.05, 0.1) is 18.5 Å². The van der Waals surface area contributed by atoms with E-state index in [1.165, 1.54) is 0 Å². The van der Waals surface area contributed by atoms with E-state index in [1.54, 1.807) is 24.3 Å². The smallest absolute Gasteiger partial charge is 0.417 e. The Balaban J connectivity index is 0.00000338. The lowest BCUT2D eigenvalue weighted by Crippen LogP contribution is -2.29. The van der Waals surface area contributed by atoms with Gasteiger partial charge in [-0.05, 0) is 23.8 Å². The highest BCUT2D eigenvalue weighted by atomic mass is 35.5. The van der Waals surface area contributed by atoms with Crippen molar-refractivity contribution in [2.45, 2.75) is 12.6 Å². The van der Waals surface area contributed by atoms with Gasteiger partial charge in [0.1, 0.15) is 11.6 Å². The maximum Gasteiger partial charge on any atom is 0.417 e. The zero-order chi connectivity index (χ0) is 18.4. The number of nitrogens with two attached hydrogens (primary N) is 1. The Morgan fingerprint density at radius 3 is 2.41 bits per heavy atom. The van der Waals surface area contributed by atoms with Crippen LogP contribution in [0.25, 0.3) is 0 Å². The van der Waals surface area contributed by atoms with Gasteiger partial charge in [0, 0.05) is 11.9 Å². The number of alkyl halides is 3. The van der Waals surface area contributed by atoms with Crippen molar-refractivity contribution in [1.29, 1.82) is 0 Å². The van der Waals surface area contributed by atoms with E-state index in [-0.39, 0.29) is 61.2 Å². The van der Waals surface area contributed by atoms with Crippen LogP contribution in [0.5, 0.6) is 5.88 Å². The molecule has 0 saturated heterocycles. The molecule has 0 bridgehead atoms. The average Bonchev–Trinajstić information content (AvgIpc) is 2.54. The number of hydrogen-bond acceptors (Lipinski definition) is 4. The third kappa shape index (κ3) is 8.11. The lowest BCUT2D eigenvalue weighted by molar-refractivity contribution is -0.137. The van der Waals surface area contributed by atoms with Crippen LogP contribution in [0.1, 0.15) is 11.1 Å². The number of halogens is 6. The summed E-state index contributed by atoms with van der Waals surface area (Å²) in [5.74, 6) is -0.345. The van der Waals surface area contributed by atoms with Crippen molar-refractivity contribution in [3.8, 4) is 5.88 Å². The molecule has 0 radical (unpaired) electrons. The van der Waals surface area contributed by atoms with Crippen LogP contribution in [0, 0.1) is 0 Å². The molecular formula is C16H17Cl3F3N3O2. The Bertz CT molecular complexity index is 744. The minimum atomic E-state index is -4.52. The highest BCUT2D eigenvalue weighted by Crippen LogP contribution is 2.32. The summed E-state index contributed by atoms with van der Waals surface area (Å²) in [5, 5.41) is 2.38. The van der Waals surface area contributed by atoms with Crippen LogP contribution in [-0.4, -0.2) is 24.0 Å². The molecule has 0 aliphatic carbocycles. The molecule has 5 nitrogen and oxygen atoms in total. The molecule has 1 amide bonds. The number of hydrogen-bond donors (Lipinski definition) is 2. The number of nitrogens with one attached hydrogen (secondary N) is 1. The summed E-state index contributed by atoms with van der Waals surface area (Å²) >= 11 is 5.71. The van der Waals surface area contributed by atoms with Crippen molar-refractivity contribution in [3.05, 3.63) is 52.7 Å². The van der Waals surface area contributed by atoms with Crippen molar-refractivity contribution in [3.63, 3.8) is 0 Å². The Morgan fingerprint density at radius 1 is 1.22 bits per heavy atom. The molecular weight excluding hydrogens is 430 g/mol. The van der Waals surface area contributed by atoms with Gasteiger partial charge in [0.2, 0.25) is 11.8 Å². The number of carbonyl (C=O) groups excluding carboxylic acids is 1. The van der Waals surface area contributed by atoms with Gasteiger partial charge in [-0.2, -0.15) is 13.2 Å². The second kappa shape index (κ2) is 11.1. The molecule has 1 aromatic carbocycles. The number of pyridine rings is 1. The molecule has 3 N–H and O–H groups in total. The summed E-state index contributed by atoms with van der Waals surface area (Å²) in [4.78, 5) is 15.3. The lowest BCUT2D eigenvalue weighted by atomic mass is 10.1. The molecule has 0 fully saturated rings. The third-order valence-electron chi connectivity index (χ3n) is 3.14. The second-order valence-corrected chi connectivity index (χ2v) is 5.53. The molecule has 1 aromatic heterocycles. The van der Waals surface area contributed by atoms with E-state index in [4.69, 9.17) is 22.1 Å². The quantitative estimate of drug-likeness (QED) is 0.521. The van der Waals surface area contributed by atoms with Crippen LogP contribution < -0.4 is 15.8 Å². The first-order valence-corrected chi connectivity index (χ1v) is 7.60. The molecule has 150 valence electrons. The van der Waals surface area contributed by atoms with Gasteiger partial charge in [0.15, 0.2) is 0 Å². The summed E-state index contributed by atoms with van der Waals surface area (Å²) in [6, 6.07) is 7.63. The van der Waals surface area contributed by atoms with E-state index in [9.17, 15) is 18.0 Å². The van der Waals surface area contributed by atoms with Gasteiger partial charge >= 0.3 is 6.18 Å². The van der Waals surface area contributed by atoms with Gasteiger partial charge in [-0.25, -0.2) is 4.98 Å². The first kappa shape index (κ1) is 25.1. The van der Waals surface area contributed by atoms with Crippen molar-refractivity contribution in [2.24, 2.45) is 0 Å². The highest BCUT2D eigenvalue weighted by molar-refractivity contribution is 6.31. The number of ether oxygens (including phenoxy) is 1. The predicted octanol–water partition coefficient (Wildman–Crippen LogP) is 3.92. The van der Waals surface area contributed by atoms with Crippen molar-refractivity contribution in [1.82, 2.24) is 10.3 Å². The minimum Gasteiger partial charge on any atom is -0.475 e. The van der Waals surface area contributed by atoms with Crippen LogP contribution in [0.4, 0.5) is 18.9 Å². The largest absolute Gasteiger partial charge is 0.475 e. The number of carbonyl (C=O) groups is 1. The normalized spacial score (nSPS) is 10.4. The van der Waals surface area contributed by atoms with Crippen molar-refractivity contribution < 1.29 is 22.7 Å². The molecule has 0 atom stereocenters. The fourth-order valence-corrected chi connectivity index (χ4v) is 2.13. The number of nitrogen functional groups attached to an aromatic ring is 1. The molecule has 0 unspecified atom stereocenters. The minimum absolute atomic E-state index is 0. The van der Waals surface area contributed by atoms with Crippen LogP contribution in [0.15, 0.2) is 36.5 Å². The summed E-state index contributed by atoms with van der Waals surface area (Å²) in [6.45, 7) is 0.179. The van der Waals surface area contributed by atoms with E-state index in [0.717, 1.165) is 11.6 Å². The van der Waals surface area contributed by atoms with Gasteiger partial charge in [-0.3, -0.25) is 4.79 Å². The first-order valence-electron chi connectivity index (χ1n) is 7.22. The summed E-state index contributed by atoms with van der Waals surface area (Å²) < 4.78 is 42.7. The number of nitrogens with zero attached hydrogens (tertiary/aromatic N) is 1. The highest BCUT2D eigenvalue weighted by Gasteiger charge is 2.31. The number of benzene rings is 1. The molecule has 0 aliphatic heterocycles. The van der Waals surface area contributed by atoms with Crippen LogP contribution in [0.2, 0.25) is 5.02 Å². The van der Waals surface area contributed by atoms with Crippen LogP contribution >= 0.6 is 36.4 Å². The Labute approximate surface area is 171 Å². The van der Waals surface area contributed by atoms with E-state index in [2.05, 4.69) is 10.3 Å². The van der Waals surface area contributed by atoms with E-state index >= 15 is 0 Å². The number of amides is 1. The zero-order valence-corrected chi connectivity index (χ0v) is 16.1. The first-order chi connectivity index (χ1) is 11.8. The Kier molecular flexibility index (Phi) is 10.3. The summed E-state index contributed by atoms with van der Waals surface area (Å²) in [6.07, 6.45) is -3.70. The molecule has 2 aromatic rings.